The minimum Gasteiger partial charge on any atom is -0.507 e. The Labute approximate surface area is 87.8 Å². The van der Waals surface area contributed by atoms with Gasteiger partial charge in [0.1, 0.15) is 5.75 Å². The van der Waals surface area contributed by atoms with Crippen LogP contribution in [0.2, 0.25) is 0 Å². The van der Waals surface area contributed by atoms with Crippen LogP contribution in [-0.2, 0) is 11.3 Å². The Morgan fingerprint density at radius 3 is 2.87 bits per heavy atom. The van der Waals surface area contributed by atoms with Gasteiger partial charge in [-0.3, -0.25) is 9.63 Å². The van der Waals surface area contributed by atoms with E-state index in [2.05, 4.69) is 10.3 Å². The third-order valence-corrected chi connectivity index (χ3v) is 1.93. The molecule has 0 aliphatic heterocycles. The zero-order valence-electron chi connectivity index (χ0n) is 8.49. The normalized spacial score (nSPS) is 10.0. The first-order chi connectivity index (χ1) is 7.19. The highest BCUT2D eigenvalue weighted by Gasteiger charge is 2.10. The molecule has 1 aromatic carbocycles. The molecule has 0 spiro atoms. The van der Waals surface area contributed by atoms with Gasteiger partial charge in [0.2, 0.25) is 0 Å². The third-order valence-electron chi connectivity index (χ3n) is 1.93. The van der Waals surface area contributed by atoms with Crippen molar-refractivity contribution in [3.8, 4) is 5.75 Å². The number of nitrogens with two attached hydrogens (primary N) is 1. The van der Waals surface area contributed by atoms with Crippen molar-refractivity contribution in [2.45, 2.75) is 6.42 Å². The van der Waals surface area contributed by atoms with Crippen molar-refractivity contribution >= 4 is 5.91 Å². The van der Waals surface area contributed by atoms with Gasteiger partial charge in [0.15, 0.2) is 0 Å². The van der Waals surface area contributed by atoms with Crippen LogP contribution >= 0.6 is 0 Å². The van der Waals surface area contributed by atoms with Crippen molar-refractivity contribution in [1.29, 1.82) is 0 Å². The molecule has 0 saturated carbocycles. The van der Waals surface area contributed by atoms with Gasteiger partial charge < -0.3 is 10.8 Å². The van der Waals surface area contributed by atoms with E-state index in [0.29, 0.717) is 13.0 Å². The number of hydroxylamine groups is 1. The van der Waals surface area contributed by atoms with Gasteiger partial charge in [-0.25, -0.2) is 5.48 Å². The lowest BCUT2D eigenvalue weighted by Crippen LogP contribution is -2.21. The third kappa shape index (κ3) is 2.93. The molecule has 4 N–H and O–H groups in total. The lowest BCUT2D eigenvalue weighted by Gasteiger charge is -2.06. The van der Waals surface area contributed by atoms with Gasteiger partial charge in [-0.15, -0.1) is 0 Å². The summed E-state index contributed by atoms with van der Waals surface area (Å²) in [7, 11) is 1.33. The summed E-state index contributed by atoms with van der Waals surface area (Å²) in [5.74, 6) is -0.551. The van der Waals surface area contributed by atoms with E-state index in [4.69, 9.17) is 5.73 Å². The average molecular weight is 210 g/mol. The van der Waals surface area contributed by atoms with Crippen molar-refractivity contribution in [3.05, 3.63) is 29.3 Å². The molecule has 0 unspecified atom stereocenters. The first kappa shape index (κ1) is 11.5. The molecule has 0 radical (unpaired) electrons. The second kappa shape index (κ2) is 5.33. The predicted octanol–water partition coefficient (Wildman–Crippen LogP) is 0.185. The molecule has 0 saturated heterocycles. The fourth-order valence-electron chi connectivity index (χ4n) is 1.24. The number of hydrogen-bond donors (Lipinski definition) is 3. The zero-order valence-corrected chi connectivity index (χ0v) is 8.49. The molecular formula is C10H14N2O3. The van der Waals surface area contributed by atoms with Gasteiger partial charge in [0.25, 0.3) is 5.91 Å². The van der Waals surface area contributed by atoms with E-state index in [0.717, 1.165) is 5.56 Å². The number of phenolic OH excluding ortho intramolecular Hbond substituents is 1. The van der Waals surface area contributed by atoms with Crippen molar-refractivity contribution in [2.75, 3.05) is 13.7 Å². The Bertz CT molecular complexity index is 353. The lowest BCUT2D eigenvalue weighted by molar-refractivity contribution is 0.0535. The van der Waals surface area contributed by atoms with Gasteiger partial charge in [-0.2, -0.15) is 0 Å². The van der Waals surface area contributed by atoms with Gasteiger partial charge in [0, 0.05) is 0 Å². The number of rotatable bonds is 4. The van der Waals surface area contributed by atoms with Crippen LogP contribution in [0.15, 0.2) is 18.2 Å². The standard InChI is InChI=1S/C10H14N2O3/c1-15-12-10(14)8-3-2-7(4-5-11)6-9(8)13/h2-3,6,13H,4-5,11H2,1H3,(H,12,14). The Morgan fingerprint density at radius 1 is 1.60 bits per heavy atom. The largest absolute Gasteiger partial charge is 0.507 e. The molecule has 0 bridgehead atoms. The number of nitrogens with one attached hydrogen (secondary N) is 1. The summed E-state index contributed by atoms with van der Waals surface area (Å²) in [4.78, 5) is 15.8. The number of carbonyl (C=O) groups excluding carboxylic acids is 1. The highest BCUT2D eigenvalue weighted by atomic mass is 16.6. The van der Waals surface area contributed by atoms with Gasteiger partial charge in [0.05, 0.1) is 12.7 Å². The van der Waals surface area contributed by atoms with E-state index < -0.39 is 5.91 Å². The molecule has 1 rings (SSSR count). The predicted molar refractivity (Wildman–Crippen MR) is 55.3 cm³/mol. The van der Waals surface area contributed by atoms with Crippen LogP contribution in [0.1, 0.15) is 15.9 Å². The van der Waals surface area contributed by atoms with E-state index in [9.17, 15) is 9.90 Å². The minimum absolute atomic E-state index is 0.0736. The van der Waals surface area contributed by atoms with Gasteiger partial charge in [-0.1, -0.05) is 6.07 Å². The fourth-order valence-corrected chi connectivity index (χ4v) is 1.24. The summed E-state index contributed by atoms with van der Waals surface area (Å²) in [6, 6.07) is 4.81. The molecule has 1 aromatic rings. The maximum absolute atomic E-state index is 11.3. The molecule has 0 fully saturated rings. The molecule has 82 valence electrons. The van der Waals surface area contributed by atoms with Crippen LogP contribution in [0.5, 0.6) is 5.75 Å². The maximum atomic E-state index is 11.3. The van der Waals surface area contributed by atoms with Crippen molar-refractivity contribution < 1.29 is 14.7 Å². The quantitative estimate of drug-likeness (QED) is 0.619. The Balaban J connectivity index is 2.87. The van der Waals surface area contributed by atoms with Gasteiger partial charge >= 0.3 is 0 Å². The summed E-state index contributed by atoms with van der Waals surface area (Å²) in [5, 5.41) is 9.56. The van der Waals surface area contributed by atoms with Crippen molar-refractivity contribution in [2.24, 2.45) is 5.73 Å². The molecule has 15 heavy (non-hydrogen) atoms. The first-order valence-electron chi connectivity index (χ1n) is 4.54. The summed E-state index contributed by atoms with van der Waals surface area (Å²) in [6.45, 7) is 0.503. The van der Waals surface area contributed by atoms with Crippen LogP contribution in [0, 0.1) is 0 Å². The highest BCUT2D eigenvalue weighted by Crippen LogP contribution is 2.18. The molecule has 0 aromatic heterocycles. The van der Waals surface area contributed by atoms with Crippen LogP contribution < -0.4 is 11.2 Å². The van der Waals surface area contributed by atoms with E-state index in [1.165, 1.54) is 19.2 Å². The first-order valence-corrected chi connectivity index (χ1v) is 4.54. The number of phenols is 1. The van der Waals surface area contributed by atoms with Crippen LogP contribution in [0.25, 0.3) is 0 Å². The highest BCUT2D eigenvalue weighted by molar-refractivity contribution is 5.96. The molecule has 0 atom stereocenters. The second-order valence-electron chi connectivity index (χ2n) is 3.03. The van der Waals surface area contributed by atoms with Gasteiger partial charge in [-0.05, 0) is 30.7 Å². The monoisotopic (exact) mass is 210 g/mol. The molecular weight excluding hydrogens is 196 g/mol. The SMILES string of the molecule is CONC(=O)c1ccc(CCN)cc1O. The van der Waals surface area contributed by atoms with E-state index in [1.807, 2.05) is 0 Å². The molecule has 1 amide bonds. The zero-order chi connectivity index (χ0) is 11.3. The van der Waals surface area contributed by atoms with Crippen LogP contribution in [0.4, 0.5) is 0 Å². The molecule has 5 nitrogen and oxygen atoms in total. The van der Waals surface area contributed by atoms with E-state index in [1.54, 1.807) is 6.07 Å². The number of amides is 1. The number of benzene rings is 1. The smallest absolute Gasteiger partial charge is 0.278 e. The minimum atomic E-state index is -0.478. The fraction of sp³-hybridized carbons (Fsp3) is 0.300. The second-order valence-corrected chi connectivity index (χ2v) is 3.03. The Kier molecular flexibility index (Phi) is 4.08. The Morgan fingerprint density at radius 2 is 2.33 bits per heavy atom. The molecule has 0 aliphatic rings. The van der Waals surface area contributed by atoms with Crippen molar-refractivity contribution in [1.82, 2.24) is 5.48 Å². The molecule has 5 heteroatoms. The topological polar surface area (TPSA) is 84.6 Å². The summed E-state index contributed by atoms with van der Waals surface area (Å²) >= 11 is 0. The Hall–Kier alpha value is -1.59. The number of aromatic hydroxyl groups is 1. The number of hydrogen-bond acceptors (Lipinski definition) is 4. The number of carbonyl (C=O) groups is 1. The summed E-state index contributed by atoms with van der Waals surface area (Å²) in [5.41, 5.74) is 8.58. The van der Waals surface area contributed by atoms with E-state index in [-0.39, 0.29) is 11.3 Å². The summed E-state index contributed by atoms with van der Waals surface area (Å²) < 4.78 is 0. The van der Waals surface area contributed by atoms with Crippen LogP contribution in [-0.4, -0.2) is 24.7 Å². The van der Waals surface area contributed by atoms with Crippen molar-refractivity contribution in [3.63, 3.8) is 0 Å². The lowest BCUT2D eigenvalue weighted by atomic mass is 10.1. The molecule has 0 heterocycles. The molecule has 0 aliphatic carbocycles. The van der Waals surface area contributed by atoms with E-state index >= 15 is 0 Å². The van der Waals surface area contributed by atoms with Crippen LogP contribution in [0.3, 0.4) is 0 Å². The average Bonchev–Trinajstić information content (AvgIpc) is 2.18. The summed E-state index contributed by atoms with van der Waals surface area (Å²) in [6.07, 6.45) is 0.666. The maximum Gasteiger partial charge on any atom is 0.278 e.